The Hall–Kier alpha value is -0.140. The van der Waals surface area contributed by atoms with Crippen molar-refractivity contribution < 1.29 is 4.79 Å². The fourth-order valence-corrected chi connectivity index (χ4v) is 5.30. The third kappa shape index (κ3) is 2.56. The van der Waals surface area contributed by atoms with E-state index in [-0.39, 0.29) is 5.91 Å². The molecule has 5 heteroatoms. The van der Waals surface area contributed by atoms with Gasteiger partial charge >= 0.3 is 0 Å². The van der Waals surface area contributed by atoms with E-state index in [1.165, 1.54) is 16.5 Å². The first-order valence-corrected chi connectivity index (χ1v) is 9.03. The van der Waals surface area contributed by atoms with Gasteiger partial charge in [-0.1, -0.05) is 12.1 Å². The summed E-state index contributed by atoms with van der Waals surface area (Å²) in [5.74, 6) is 0.206. The average Bonchev–Trinajstić information content (AvgIpc) is 2.78. The fraction of sp³-hybridized carbons (Fsp3) is 0.357. The van der Waals surface area contributed by atoms with Crippen molar-refractivity contribution in [2.24, 2.45) is 0 Å². The maximum Gasteiger partial charge on any atom is 0.265 e. The van der Waals surface area contributed by atoms with Crippen molar-refractivity contribution >= 4 is 65.9 Å². The van der Waals surface area contributed by atoms with E-state index in [0.29, 0.717) is 0 Å². The van der Waals surface area contributed by atoms with Crippen molar-refractivity contribution in [3.63, 3.8) is 0 Å². The first-order valence-electron chi connectivity index (χ1n) is 6.34. The van der Waals surface area contributed by atoms with Gasteiger partial charge < -0.3 is 4.90 Å². The lowest BCUT2D eigenvalue weighted by atomic mass is 10.1. The number of carbonyl (C=O) groups excluding carboxylic acids is 1. The number of rotatable bonds is 1. The number of piperidine rings is 1. The van der Waals surface area contributed by atoms with Gasteiger partial charge in [-0.15, -0.1) is 11.3 Å². The van der Waals surface area contributed by atoms with E-state index in [2.05, 4.69) is 44.6 Å². The second-order valence-corrected chi connectivity index (χ2v) is 7.67. The molecule has 100 valence electrons. The van der Waals surface area contributed by atoms with Crippen LogP contribution in [0.15, 0.2) is 22.7 Å². The average molecular weight is 450 g/mol. The third-order valence-corrected chi connectivity index (χ3v) is 7.08. The first-order chi connectivity index (χ1) is 9.18. The summed E-state index contributed by atoms with van der Waals surface area (Å²) in [4.78, 5) is 15.5. The molecule has 1 saturated heterocycles. The number of fused-ring (bicyclic) bond motifs is 1. The van der Waals surface area contributed by atoms with Crippen LogP contribution in [0, 0.1) is 3.57 Å². The highest BCUT2D eigenvalue weighted by molar-refractivity contribution is 14.1. The van der Waals surface area contributed by atoms with Crippen molar-refractivity contribution in [2.45, 2.75) is 19.3 Å². The van der Waals surface area contributed by atoms with Crippen LogP contribution in [-0.4, -0.2) is 23.9 Å². The van der Waals surface area contributed by atoms with Gasteiger partial charge in [0.25, 0.3) is 5.91 Å². The monoisotopic (exact) mass is 449 g/mol. The van der Waals surface area contributed by atoms with Crippen LogP contribution in [-0.2, 0) is 0 Å². The molecule has 0 N–H and O–H groups in total. The van der Waals surface area contributed by atoms with Crippen LogP contribution in [0.2, 0.25) is 0 Å². The standard InChI is InChI=1S/C14H13BrINOS/c15-10-6-4-5-9-11(16)13(19-12(9)10)14(18)17-7-2-1-3-8-17/h4-6H,1-3,7-8H2. The molecular weight excluding hydrogens is 437 g/mol. The van der Waals surface area contributed by atoms with Crippen molar-refractivity contribution in [3.8, 4) is 0 Å². The van der Waals surface area contributed by atoms with Gasteiger partial charge in [-0.2, -0.15) is 0 Å². The van der Waals surface area contributed by atoms with Gasteiger partial charge in [-0.3, -0.25) is 4.79 Å². The first kappa shape index (κ1) is 13.8. The highest BCUT2D eigenvalue weighted by Gasteiger charge is 2.23. The molecule has 3 rings (SSSR count). The molecule has 1 aliphatic heterocycles. The maximum absolute atomic E-state index is 12.6. The summed E-state index contributed by atoms with van der Waals surface area (Å²) in [6, 6.07) is 6.14. The molecule has 0 spiro atoms. The van der Waals surface area contributed by atoms with Crippen LogP contribution in [0.5, 0.6) is 0 Å². The van der Waals surface area contributed by atoms with Crippen molar-refractivity contribution in [2.75, 3.05) is 13.1 Å². The maximum atomic E-state index is 12.6. The van der Waals surface area contributed by atoms with E-state index >= 15 is 0 Å². The molecule has 1 aromatic carbocycles. The summed E-state index contributed by atoms with van der Waals surface area (Å²) in [5, 5.41) is 1.18. The van der Waals surface area contributed by atoms with Crippen molar-refractivity contribution in [3.05, 3.63) is 31.1 Å². The molecule has 0 bridgehead atoms. The molecule has 19 heavy (non-hydrogen) atoms. The fourth-order valence-electron chi connectivity index (χ4n) is 2.43. The van der Waals surface area contributed by atoms with E-state index in [4.69, 9.17) is 0 Å². The minimum atomic E-state index is 0.206. The minimum Gasteiger partial charge on any atom is -0.338 e. The number of amides is 1. The minimum absolute atomic E-state index is 0.206. The number of hydrogen-bond acceptors (Lipinski definition) is 2. The summed E-state index contributed by atoms with van der Waals surface area (Å²) in [5.41, 5.74) is 0. The molecule has 1 aliphatic rings. The SMILES string of the molecule is O=C(c1sc2c(Br)cccc2c1I)N1CCCCC1. The topological polar surface area (TPSA) is 20.3 Å². The number of hydrogen-bond donors (Lipinski definition) is 0. The Labute approximate surface area is 138 Å². The van der Waals surface area contributed by atoms with Gasteiger partial charge in [0, 0.05) is 26.5 Å². The number of likely N-dealkylation sites (tertiary alicyclic amines) is 1. The lowest BCUT2D eigenvalue weighted by Gasteiger charge is -2.26. The molecule has 0 aliphatic carbocycles. The van der Waals surface area contributed by atoms with Gasteiger partial charge in [0.1, 0.15) is 4.88 Å². The number of halogens is 2. The zero-order chi connectivity index (χ0) is 13.4. The Kier molecular flexibility index (Phi) is 4.14. The Balaban J connectivity index is 2.02. The second kappa shape index (κ2) is 5.69. The molecule has 2 heterocycles. The van der Waals surface area contributed by atoms with Crippen molar-refractivity contribution in [1.29, 1.82) is 0 Å². The molecule has 1 aromatic heterocycles. The Morgan fingerprint density at radius 2 is 2.00 bits per heavy atom. The molecule has 1 amide bonds. The zero-order valence-corrected chi connectivity index (χ0v) is 14.8. The number of benzene rings is 1. The van der Waals surface area contributed by atoms with Crippen LogP contribution >= 0.6 is 49.9 Å². The molecule has 0 radical (unpaired) electrons. The second-order valence-electron chi connectivity index (χ2n) is 4.71. The molecule has 1 fully saturated rings. The largest absolute Gasteiger partial charge is 0.338 e. The predicted molar refractivity (Wildman–Crippen MR) is 92.0 cm³/mol. The molecule has 0 unspecified atom stereocenters. The van der Waals surface area contributed by atoms with Crippen LogP contribution in [0.3, 0.4) is 0 Å². The molecular formula is C14H13BrINOS. The van der Waals surface area contributed by atoms with E-state index < -0.39 is 0 Å². The quantitative estimate of drug-likeness (QED) is 0.567. The third-order valence-electron chi connectivity index (χ3n) is 3.44. The Bertz CT molecular complexity index is 634. The lowest BCUT2D eigenvalue weighted by Crippen LogP contribution is -2.35. The summed E-state index contributed by atoms with van der Waals surface area (Å²) < 4.78 is 3.34. The summed E-state index contributed by atoms with van der Waals surface area (Å²) in [7, 11) is 0. The number of carbonyl (C=O) groups is 1. The zero-order valence-electron chi connectivity index (χ0n) is 10.3. The van der Waals surface area contributed by atoms with Gasteiger partial charge in [-0.25, -0.2) is 0 Å². The highest BCUT2D eigenvalue weighted by Crippen LogP contribution is 2.37. The highest BCUT2D eigenvalue weighted by atomic mass is 127. The van der Waals surface area contributed by atoms with Crippen LogP contribution in [0.1, 0.15) is 28.9 Å². The predicted octanol–water partition coefficient (Wildman–Crippen LogP) is 4.89. The normalized spacial score (nSPS) is 16.0. The van der Waals surface area contributed by atoms with Crippen LogP contribution in [0.4, 0.5) is 0 Å². The van der Waals surface area contributed by atoms with E-state index in [0.717, 1.165) is 38.9 Å². The lowest BCUT2D eigenvalue weighted by molar-refractivity contribution is 0.0728. The van der Waals surface area contributed by atoms with Gasteiger partial charge in [0.15, 0.2) is 0 Å². The van der Waals surface area contributed by atoms with Gasteiger partial charge in [0.05, 0.1) is 4.70 Å². The summed E-state index contributed by atoms with van der Waals surface area (Å²) in [6.45, 7) is 1.81. The molecule has 2 nitrogen and oxygen atoms in total. The van der Waals surface area contributed by atoms with Crippen LogP contribution < -0.4 is 0 Å². The molecule has 0 atom stereocenters. The number of thiophene rings is 1. The van der Waals surface area contributed by atoms with Crippen molar-refractivity contribution in [1.82, 2.24) is 4.90 Å². The molecule has 2 aromatic rings. The number of nitrogens with zero attached hydrogens (tertiary/aromatic N) is 1. The summed E-state index contributed by atoms with van der Waals surface area (Å²) in [6.07, 6.45) is 3.52. The van der Waals surface area contributed by atoms with Gasteiger partial charge in [-0.05, 0) is 63.8 Å². The van der Waals surface area contributed by atoms with Gasteiger partial charge in [0.2, 0.25) is 0 Å². The smallest absolute Gasteiger partial charge is 0.265 e. The van der Waals surface area contributed by atoms with E-state index in [9.17, 15) is 4.79 Å². The Morgan fingerprint density at radius 3 is 2.68 bits per heavy atom. The van der Waals surface area contributed by atoms with Crippen LogP contribution in [0.25, 0.3) is 10.1 Å². The molecule has 0 saturated carbocycles. The Morgan fingerprint density at radius 1 is 1.26 bits per heavy atom. The van der Waals surface area contributed by atoms with E-state index in [1.807, 2.05) is 17.0 Å². The van der Waals surface area contributed by atoms with E-state index in [1.54, 1.807) is 11.3 Å². The summed E-state index contributed by atoms with van der Waals surface area (Å²) >= 11 is 7.48.